The number of aromatic nitrogens is 7. The van der Waals surface area contributed by atoms with Crippen molar-refractivity contribution in [2.45, 2.75) is 85.3 Å². The second-order valence-corrected chi connectivity index (χ2v) is 12.0. The van der Waals surface area contributed by atoms with Gasteiger partial charge in [-0.25, -0.2) is 9.36 Å². The normalized spacial score (nSPS) is 20.3. The number of nitrogens with zero attached hydrogens (tertiary/aromatic N) is 8. The Morgan fingerprint density at radius 2 is 2.00 bits per heavy atom. The van der Waals surface area contributed by atoms with Gasteiger partial charge < -0.3 is 19.3 Å². The average Bonchev–Trinajstić information content (AvgIpc) is 3.62. The quantitative estimate of drug-likeness (QED) is 0.337. The number of hydrogen-bond donors (Lipinski definition) is 1. The van der Waals surface area contributed by atoms with Crippen LogP contribution in [-0.4, -0.2) is 82.8 Å². The van der Waals surface area contributed by atoms with Crippen molar-refractivity contribution in [1.82, 2.24) is 39.2 Å². The van der Waals surface area contributed by atoms with E-state index in [1.807, 2.05) is 48.6 Å². The molecule has 0 radical (unpaired) electrons. The summed E-state index contributed by atoms with van der Waals surface area (Å²) < 4.78 is 24.5. The molecular formula is C32H44N8O4. The smallest absolute Gasteiger partial charge is 0.240 e. The molecule has 6 rings (SSSR count). The predicted molar refractivity (Wildman–Crippen MR) is 168 cm³/mol. The van der Waals surface area contributed by atoms with E-state index < -0.39 is 0 Å². The van der Waals surface area contributed by atoms with Crippen LogP contribution in [0.4, 0.5) is 0 Å². The van der Waals surface area contributed by atoms with Crippen molar-refractivity contribution in [3.05, 3.63) is 34.9 Å². The van der Waals surface area contributed by atoms with Crippen molar-refractivity contribution >= 4 is 23.1 Å². The van der Waals surface area contributed by atoms with E-state index in [2.05, 4.69) is 31.7 Å². The third-order valence-electron chi connectivity index (χ3n) is 8.43. The van der Waals surface area contributed by atoms with Gasteiger partial charge in [-0.05, 0) is 72.1 Å². The molecule has 2 aliphatic heterocycles. The van der Waals surface area contributed by atoms with Crippen LogP contribution in [-0.2, 0) is 24.9 Å². The first-order valence-electron chi connectivity index (χ1n) is 15.7. The summed E-state index contributed by atoms with van der Waals surface area (Å²) in [6, 6.07) is 2.31. The standard InChI is InChI=1S/C32H44N8O4/c1-7-42-31-23-11-12-25-24-16-26(33-17-27(24)40(35-25)29-10-8-9-15-43-29)30-22(5)34-37(6)32(30)44-21(4)18-38(20(2)3)19-28(23)39(36-31)13-14-41/h11-12,16-17,20-21,29,41H,7-10,13-15,18-19H2,1-6H3/b12-11+/t21-,29?/m0/s1. The lowest BCUT2D eigenvalue weighted by Gasteiger charge is -2.30. The fraction of sp³-hybridized carbons (Fsp3) is 0.562. The van der Waals surface area contributed by atoms with E-state index in [0.717, 1.165) is 64.1 Å². The molecule has 0 amide bonds. The highest BCUT2D eigenvalue weighted by Crippen LogP contribution is 2.37. The molecule has 0 aliphatic carbocycles. The molecule has 2 bridgehead atoms. The Kier molecular flexibility index (Phi) is 8.75. The molecule has 2 atom stereocenters. The van der Waals surface area contributed by atoms with E-state index in [1.165, 1.54) is 0 Å². The Labute approximate surface area is 258 Å². The van der Waals surface area contributed by atoms with E-state index in [-0.39, 0.29) is 25.0 Å². The third kappa shape index (κ3) is 5.73. The van der Waals surface area contributed by atoms with Crippen molar-refractivity contribution in [3.8, 4) is 23.0 Å². The van der Waals surface area contributed by atoms with E-state index in [1.54, 1.807) is 4.68 Å². The van der Waals surface area contributed by atoms with Gasteiger partial charge in [-0.1, -0.05) is 0 Å². The first kappa shape index (κ1) is 30.3. The molecule has 236 valence electrons. The predicted octanol–water partition coefficient (Wildman–Crippen LogP) is 4.59. The summed E-state index contributed by atoms with van der Waals surface area (Å²) in [7, 11) is 1.91. The lowest BCUT2D eigenvalue weighted by molar-refractivity contribution is -0.0367. The van der Waals surface area contributed by atoms with Crippen LogP contribution in [0.1, 0.15) is 75.8 Å². The summed E-state index contributed by atoms with van der Waals surface area (Å²) in [5.74, 6) is 1.23. The van der Waals surface area contributed by atoms with Crippen molar-refractivity contribution < 1.29 is 19.3 Å². The SMILES string of the molecule is CCOc1nn(CCO)c2c1/C=C/c1nn(C3CCCCO3)c3cnc(cc13)-c1c(C)nn(C)c1O[C@@H](C)CN(C(C)C)C2. The number of pyridine rings is 1. The fourth-order valence-corrected chi connectivity index (χ4v) is 6.24. The van der Waals surface area contributed by atoms with Crippen LogP contribution in [0.5, 0.6) is 11.8 Å². The first-order chi connectivity index (χ1) is 21.3. The topological polar surface area (TPSA) is 118 Å². The zero-order chi connectivity index (χ0) is 31.0. The van der Waals surface area contributed by atoms with Crippen molar-refractivity contribution in [2.75, 3.05) is 26.4 Å². The second-order valence-electron chi connectivity index (χ2n) is 12.0. The number of aliphatic hydroxyl groups is 1. The molecule has 4 aromatic heterocycles. The van der Waals surface area contributed by atoms with Crippen LogP contribution >= 0.6 is 0 Å². The number of aliphatic hydroxyl groups excluding tert-OH is 1. The van der Waals surface area contributed by atoms with Crippen LogP contribution in [0, 0.1) is 6.92 Å². The van der Waals surface area contributed by atoms with Crippen molar-refractivity contribution in [1.29, 1.82) is 0 Å². The molecule has 12 nitrogen and oxygen atoms in total. The van der Waals surface area contributed by atoms with Crippen molar-refractivity contribution in [2.24, 2.45) is 7.05 Å². The van der Waals surface area contributed by atoms with Gasteiger partial charge in [0.15, 0.2) is 6.23 Å². The summed E-state index contributed by atoms with van der Waals surface area (Å²) >= 11 is 0. The van der Waals surface area contributed by atoms with Crippen LogP contribution in [0.3, 0.4) is 0 Å². The summed E-state index contributed by atoms with van der Waals surface area (Å²) in [6.07, 6.45) is 8.72. The fourth-order valence-electron chi connectivity index (χ4n) is 6.24. The number of aryl methyl sites for hydroxylation is 2. The molecule has 1 saturated heterocycles. The monoisotopic (exact) mass is 604 g/mol. The number of ether oxygens (including phenoxy) is 3. The molecule has 6 heterocycles. The van der Waals surface area contributed by atoms with Crippen LogP contribution < -0.4 is 9.47 Å². The van der Waals surface area contributed by atoms with E-state index in [9.17, 15) is 5.11 Å². The first-order valence-corrected chi connectivity index (χ1v) is 15.7. The molecule has 1 N–H and O–H groups in total. The molecule has 2 aliphatic rings. The molecule has 0 saturated carbocycles. The molecule has 44 heavy (non-hydrogen) atoms. The zero-order valence-electron chi connectivity index (χ0n) is 26.7. The summed E-state index contributed by atoms with van der Waals surface area (Å²) in [4.78, 5) is 7.28. The van der Waals surface area contributed by atoms with Crippen LogP contribution in [0.25, 0.3) is 34.3 Å². The number of rotatable bonds is 6. The van der Waals surface area contributed by atoms with Crippen LogP contribution in [0.2, 0.25) is 0 Å². The Balaban J connectivity index is 1.59. The van der Waals surface area contributed by atoms with Gasteiger partial charge in [0.1, 0.15) is 6.10 Å². The van der Waals surface area contributed by atoms with E-state index in [0.29, 0.717) is 44.6 Å². The number of fused-ring (bicyclic) bond motifs is 4. The van der Waals surface area contributed by atoms with Crippen molar-refractivity contribution in [3.63, 3.8) is 0 Å². The Morgan fingerprint density at radius 3 is 2.73 bits per heavy atom. The van der Waals surface area contributed by atoms with Gasteiger partial charge in [-0.2, -0.15) is 10.2 Å². The molecular weight excluding hydrogens is 560 g/mol. The van der Waals surface area contributed by atoms with Gasteiger partial charge in [0.05, 0.1) is 65.4 Å². The highest BCUT2D eigenvalue weighted by molar-refractivity contribution is 5.92. The lowest BCUT2D eigenvalue weighted by Crippen LogP contribution is -2.39. The summed E-state index contributed by atoms with van der Waals surface area (Å²) in [5.41, 5.74) is 6.07. The van der Waals surface area contributed by atoms with Gasteiger partial charge in [-0.15, -0.1) is 5.10 Å². The number of hydrogen-bond acceptors (Lipinski definition) is 9. The van der Waals surface area contributed by atoms with Gasteiger partial charge >= 0.3 is 0 Å². The molecule has 0 spiro atoms. The minimum atomic E-state index is -0.152. The third-order valence-corrected chi connectivity index (χ3v) is 8.43. The lowest BCUT2D eigenvalue weighted by atomic mass is 10.1. The maximum absolute atomic E-state index is 9.92. The van der Waals surface area contributed by atoms with Gasteiger partial charge in [0.25, 0.3) is 0 Å². The highest BCUT2D eigenvalue weighted by Gasteiger charge is 2.27. The maximum Gasteiger partial charge on any atom is 0.240 e. The Morgan fingerprint density at radius 1 is 1.16 bits per heavy atom. The second kappa shape index (κ2) is 12.7. The zero-order valence-corrected chi connectivity index (χ0v) is 26.7. The van der Waals surface area contributed by atoms with E-state index >= 15 is 0 Å². The average molecular weight is 605 g/mol. The molecule has 4 aromatic rings. The van der Waals surface area contributed by atoms with Gasteiger partial charge in [0.2, 0.25) is 11.8 Å². The van der Waals surface area contributed by atoms with Gasteiger partial charge in [-0.3, -0.25) is 14.6 Å². The van der Waals surface area contributed by atoms with Gasteiger partial charge in [0, 0.05) is 38.2 Å². The van der Waals surface area contributed by atoms with E-state index in [4.69, 9.17) is 34.5 Å². The Hall–Kier alpha value is -3.74. The maximum atomic E-state index is 9.92. The molecule has 1 unspecified atom stereocenters. The summed E-state index contributed by atoms with van der Waals surface area (Å²) in [5, 5.41) is 25.5. The molecule has 0 aromatic carbocycles. The molecule has 1 fully saturated rings. The summed E-state index contributed by atoms with van der Waals surface area (Å²) in [6.45, 7) is 13.2. The van der Waals surface area contributed by atoms with Crippen LogP contribution in [0.15, 0.2) is 12.3 Å². The minimum Gasteiger partial charge on any atom is -0.476 e. The molecule has 12 heteroatoms. The Bertz CT molecular complexity index is 1650. The minimum absolute atomic E-state index is 0.0284. The highest BCUT2D eigenvalue weighted by atomic mass is 16.5. The largest absolute Gasteiger partial charge is 0.476 e.